The van der Waals surface area contributed by atoms with Gasteiger partial charge in [0.2, 0.25) is 0 Å². The average Bonchev–Trinajstić information content (AvgIpc) is 2.57. The summed E-state index contributed by atoms with van der Waals surface area (Å²) in [5, 5.41) is 8.73. The maximum absolute atomic E-state index is 11.8. The monoisotopic (exact) mass is 361 g/mol. The van der Waals surface area contributed by atoms with Crippen molar-refractivity contribution in [3.63, 3.8) is 0 Å². The number of rotatable bonds is 14. The van der Waals surface area contributed by atoms with Crippen LogP contribution in [0.25, 0.3) is 0 Å². The van der Waals surface area contributed by atoms with Gasteiger partial charge < -0.3 is 25.1 Å². The Kier molecular flexibility index (Phi) is 11.2. The molecule has 0 radical (unpaired) electrons. The molecule has 0 heterocycles. The normalized spacial score (nSPS) is 12.1. The van der Waals surface area contributed by atoms with Gasteiger partial charge in [-0.1, -0.05) is 12.1 Å². The van der Waals surface area contributed by atoms with E-state index in [0.717, 1.165) is 11.3 Å². The third kappa shape index (κ3) is 9.71. The average molecular weight is 361 g/mol. The van der Waals surface area contributed by atoms with Gasteiger partial charge in [-0.3, -0.25) is 4.79 Å². The first kappa shape index (κ1) is 20.7. The van der Waals surface area contributed by atoms with Crippen LogP contribution in [0.5, 0.6) is 5.75 Å². The summed E-state index contributed by atoms with van der Waals surface area (Å²) in [5.41, 5.74) is 6.49. The maximum Gasteiger partial charge on any atom is 0.321 e. The van der Waals surface area contributed by atoms with Gasteiger partial charge in [0.1, 0.15) is 25.1 Å². The summed E-state index contributed by atoms with van der Waals surface area (Å²) in [6.07, 6.45) is 0. The van der Waals surface area contributed by atoms with E-state index < -0.39 is 18.7 Å². The molecule has 0 amide bonds. The Bertz CT molecular complexity index is 478. The molecular weight excluding hydrogens is 337 g/mol. The summed E-state index contributed by atoms with van der Waals surface area (Å²) in [7, 11) is 0. The first-order valence-electron chi connectivity index (χ1n) is 7.63. The van der Waals surface area contributed by atoms with E-state index in [0.29, 0.717) is 37.9 Å². The van der Waals surface area contributed by atoms with Gasteiger partial charge in [0.25, 0.3) is 0 Å². The first-order valence-corrected chi connectivity index (χ1v) is 8.78. The molecule has 0 aliphatic heterocycles. The molecule has 0 aliphatic rings. The zero-order valence-electron chi connectivity index (χ0n) is 13.5. The minimum atomic E-state index is -0.991. The number of hydrogen-bond acceptors (Lipinski definition) is 6. The number of alkyl halides is 1. The van der Waals surface area contributed by atoms with E-state index in [1.807, 2.05) is 24.3 Å². The molecule has 3 N–H and O–H groups in total. The fraction of sp³-hybridized carbons (Fsp3) is 0.562. The Morgan fingerprint density at radius 1 is 1.21 bits per heavy atom. The second kappa shape index (κ2) is 13.0. The lowest BCUT2D eigenvalue weighted by Gasteiger charge is -2.09. The largest absolute Gasteiger partial charge is 0.491 e. The number of halogens is 1. The topological polar surface area (TPSA) is 91.0 Å². The quantitative estimate of drug-likeness (QED) is 0.488. The van der Waals surface area contributed by atoms with Crippen molar-refractivity contribution in [3.05, 3.63) is 29.8 Å². The van der Waals surface area contributed by atoms with Crippen LogP contribution in [0, 0.1) is 0 Å². The molecule has 0 bridgehead atoms. The van der Waals surface area contributed by atoms with Gasteiger partial charge in [-0.25, -0.2) is 4.39 Å². The van der Waals surface area contributed by atoms with Crippen LogP contribution in [0.15, 0.2) is 24.3 Å². The number of hydrogen-bond donors (Lipinski definition) is 2. The van der Waals surface area contributed by atoms with Crippen molar-refractivity contribution in [2.45, 2.75) is 11.8 Å². The molecular formula is C16H24FNO5S. The smallest absolute Gasteiger partial charge is 0.321 e. The van der Waals surface area contributed by atoms with Crippen molar-refractivity contribution in [2.75, 3.05) is 45.5 Å². The fourth-order valence-electron chi connectivity index (χ4n) is 1.70. The van der Waals surface area contributed by atoms with Gasteiger partial charge in [0.05, 0.1) is 26.4 Å². The molecule has 6 nitrogen and oxygen atoms in total. The van der Waals surface area contributed by atoms with Crippen LogP contribution in [0.1, 0.15) is 5.56 Å². The summed E-state index contributed by atoms with van der Waals surface area (Å²) in [6.45, 7) is 1.22. The van der Waals surface area contributed by atoms with Crippen LogP contribution in [0.4, 0.5) is 4.39 Å². The number of nitrogens with two attached hydrogens (primary N) is 1. The van der Waals surface area contributed by atoms with Gasteiger partial charge in [0.15, 0.2) is 0 Å². The Morgan fingerprint density at radius 2 is 1.92 bits per heavy atom. The van der Waals surface area contributed by atoms with Gasteiger partial charge in [-0.15, -0.1) is 0 Å². The molecule has 1 aromatic rings. The molecule has 8 heteroatoms. The van der Waals surface area contributed by atoms with Gasteiger partial charge >= 0.3 is 5.97 Å². The van der Waals surface area contributed by atoms with Crippen molar-refractivity contribution in [1.29, 1.82) is 0 Å². The van der Waals surface area contributed by atoms with E-state index in [-0.39, 0.29) is 6.61 Å². The van der Waals surface area contributed by atoms with Crippen LogP contribution >= 0.6 is 11.8 Å². The van der Waals surface area contributed by atoms with Crippen LogP contribution in [-0.4, -0.2) is 62.6 Å². The van der Waals surface area contributed by atoms with Crippen molar-refractivity contribution in [3.8, 4) is 5.75 Å². The molecule has 1 aromatic carbocycles. The van der Waals surface area contributed by atoms with Crippen molar-refractivity contribution >= 4 is 17.7 Å². The van der Waals surface area contributed by atoms with Crippen molar-refractivity contribution < 1.29 is 28.5 Å². The van der Waals surface area contributed by atoms with Gasteiger partial charge in [-0.05, 0) is 17.7 Å². The second-order valence-electron chi connectivity index (χ2n) is 4.87. The number of ether oxygens (including phenoxy) is 3. The zero-order valence-corrected chi connectivity index (χ0v) is 14.3. The second-order valence-corrected chi connectivity index (χ2v) is 5.90. The highest BCUT2D eigenvalue weighted by atomic mass is 32.2. The lowest BCUT2D eigenvalue weighted by Crippen LogP contribution is -2.32. The van der Waals surface area contributed by atoms with Crippen molar-refractivity contribution in [2.24, 2.45) is 5.73 Å². The van der Waals surface area contributed by atoms with Gasteiger partial charge in [0, 0.05) is 11.5 Å². The SMILES string of the molecule is N[C@H](CSCc1cccc(OCCOCCOCCF)c1)C(=O)O. The highest BCUT2D eigenvalue weighted by Crippen LogP contribution is 2.18. The molecule has 0 saturated carbocycles. The number of aliphatic carboxylic acids is 1. The molecule has 0 aliphatic carbocycles. The predicted octanol–water partition coefficient (Wildman–Crippen LogP) is 1.71. The standard InChI is InChI=1S/C16H24FNO5S/c17-4-5-21-6-7-22-8-9-23-14-3-1-2-13(10-14)11-24-12-15(18)16(19)20/h1-3,10,15H,4-9,11-12,18H2,(H,19,20)/t15-/m1/s1. The first-order chi connectivity index (χ1) is 11.6. The highest BCUT2D eigenvalue weighted by molar-refractivity contribution is 7.98. The van der Waals surface area contributed by atoms with Gasteiger partial charge in [-0.2, -0.15) is 11.8 Å². The molecule has 1 atom stereocenters. The fourth-order valence-corrected chi connectivity index (χ4v) is 2.62. The molecule has 136 valence electrons. The Balaban J connectivity index is 2.17. The number of thioether (sulfide) groups is 1. The summed E-state index contributed by atoms with van der Waals surface area (Å²) >= 11 is 1.47. The lowest BCUT2D eigenvalue weighted by atomic mass is 10.2. The minimum absolute atomic E-state index is 0.0992. The van der Waals surface area contributed by atoms with E-state index >= 15 is 0 Å². The maximum atomic E-state index is 11.8. The van der Waals surface area contributed by atoms with Crippen LogP contribution in [-0.2, 0) is 20.0 Å². The third-order valence-electron chi connectivity index (χ3n) is 2.87. The molecule has 24 heavy (non-hydrogen) atoms. The molecule has 0 aromatic heterocycles. The van der Waals surface area contributed by atoms with Crippen molar-refractivity contribution in [1.82, 2.24) is 0 Å². The van der Waals surface area contributed by atoms with Crippen LogP contribution in [0.3, 0.4) is 0 Å². The summed E-state index contributed by atoms with van der Waals surface area (Å²) < 4.78 is 27.6. The van der Waals surface area contributed by atoms with E-state index in [1.54, 1.807) is 0 Å². The molecule has 0 spiro atoms. The Hall–Kier alpha value is -1.35. The van der Waals surface area contributed by atoms with E-state index in [9.17, 15) is 9.18 Å². The molecule has 1 rings (SSSR count). The molecule has 0 fully saturated rings. The van der Waals surface area contributed by atoms with E-state index in [4.69, 9.17) is 25.1 Å². The zero-order chi connectivity index (χ0) is 17.6. The number of carboxylic acid groups (broad SMARTS) is 1. The van der Waals surface area contributed by atoms with Crippen LogP contribution in [0.2, 0.25) is 0 Å². The third-order valence-corrected chi connectivity index (χ3v) is 4.00. The van der Waals surface area contributed by atoms with Crippen LogP contribution < -0.4 is 10.5 Å². The number of carbonyl (C=O) groups is 1. The minimum Gasteiger partial charge on any atom is -0.491 e. The Labute approximate surface area is 145 Å². The lowest BCUT2D eigenvalue weighted by molar-refractivity contribution is -0.137. The van der Waals surface area contributed by atoms with E-state index in [2.05, 4.69) is 0 Å². The number of carboxylic acids is 1. The van der Waals surface area contributed by atoms with E-state index in [1.165, 1.54) is 11.8 Å². The highest BCUT2D eigenvalue weighted by Gasteiger charge is 2.10. The molecule has 0 saturated heterocycles. The molecule has 0 unspecified atom stereocenters. The summed E-state index contributed by atoms with van der Waals surface area (Å²) in [4.78, 5) is 10.6. The Morgan fingerprint density at radius 3 is 2.62 bits per heavy atom. The predicted molar refractivity (Wildman–Crippen MR) is 91.3 cm³/mol. The number of benzene rings is 1. The summed E-state index contributed by atoms with van der Waals surface area (Å²) in [6, 6.07) is 6.74. The summed E-state index contributed by atoms with van der Waals surface area (Å²) in [5.74, 6) is 0.766.